The summed E-state index contributed by atoms with van der Waals surface area (Å²) in [4.78, 5) is 19.6. The summed E-state index contributed by atoms with van der Waals surface area (Å²) in [7, 11) is 0. The van der Waals surface area contributed by atoms with Crippen LogP contribution in [0.15, 0.2) is 79.1 Å². The monoisotopic (exact) mass is 386 g/mol. The highest BCUT2D eigenvalue weighted by atomic mass is 16.5. The number of benzene rings is 2. The summed E-state index contributed by atoms with van der Waals surface area (Å²) in [5.74, 6) is 1.91. The second-order valence-electron chi connectivity index (χ2n) is 6.24. The maximum absolute atomic E-state index is 11.0. The minimum Gasteiger partial charge on any atom is -0.465 e. The van der Waals surface area contributed by atoms with Gasteiger partial charge in [-0.05, 0) is 30.3 Å². The van der Waals surface area contributed by atoms with E-state index in [1.54, 1.807) is 36.7 Å². The Hall–Kier alpha value is -4.13. The van der Waals surface area contributed by atoms with E-state index in [2.05, 4.69) is 20.6 Å². The van der Waals surface area contributed by atoms with E-state index in [4.69, 9.17) is 9.84 Å². The normalized spacial score (nSPS) is 10.5. The third kappa shape index (κ3) is 4.41. The molecule has 29 heavy (non-hydrogen) atoms. The van der Waals surface area contributed by atoms with Crippen molar-refractivity contribution in [3.05, 3.63) is 84.8 Å². The number of fused-ring (bicyclic) bond motifs is 1. The molecule has 0 saturated carbocycles. The summed E-state index contributed by atoms with van der Waals surface area (Å²) < 4.78 is 6.07. The molecule has 1 amide bonds. The number of aromatic nitrogens is 2. The van der Waals surface area contributed by atoms with Gasteiger partial charge in [-0.3, -0.25) is 10.3 Å². The Labute approximate surface area is 167 Å². The number of hydrogen-bond donors (Lipinski definition) is 3. The molecule has 3 N–H and O–H groups in total. The first-order chi connectivity index (χ1) is 14.2. The van der Waals surface area contributed by atoms with Crippen LogP contribution in [0.2, 0.25) is 0 Å². The third-order valence-electron chi connectivity index (χ3n) is 4.26. The van der Waals surface area contributed by atoms with E-state index in [-0.39, 0.29) is 0 Å². The van der Waals surface area contributed by atoms with Gasteiger partial charge in [0.15, 0.2) is 0 Å². The average molecular weight is 386 g/mol. The molecule has 4 rings (SSSR count). The number of amides is 1. The number of rotatable bonds is 6. The first kappa shape index (κ1) is 18.2. The van der Waals surface area contributed by atoms with Crippen molar-refractivity contribution in [2.45, 2.75) is 6.54 Å². The summed E-state index contributed by atoms with van der Waals surface area (Å²) in [6, 6.07) is 20.2. The lowest BCUT2D eigenvalue weighted by atomic mass is 10.1. The fraction of sp³-hybridized carbons (Fsp3) is 0.0455. The molecule has 0 spiro atoms. The minimum atomic E-state index is -1.11. The van der Waals surface area contributed by atoms with Crippen LogP contribution >= 0.6 is 0 Å². The first-order valence-corrected chi connectivity index (χ1v) is 8.98. The van der Waals surface area contributed by atoms with E-state index in [1.807, 2.05) is 42.5 Å². The van der Waals surface area contributed by atoms with Gasteiger partial charge in [0.05, 0.1) is 17.9 Å². The van der Waals surface area contributed by atoms with Gasteiger partial charge in [-0.1, -0.05) is 30.3 Å². The van der Waals surface area contributed by atoms with Crippen LogP contribution in [0.3, 0.4) is 0 Å². The lowest BCUT2D eigenvalue weighted by molar-refractivity contribution is 0.210. The zero-order valence-corrected chi connectivity index (χ0v) is 15.4. The highest BCUT2D eigenvalue weighted by Gasteiger charge is 2.10. The van der Waals surface area contributed by atoms with Crippen molar-refractivity contribution >= 4 is 28.4 Å². The summed E-state index contributed by atoms with van der Waals surface area (Å²) >= 11 is 0. The molecule has 0 unspecified atom stereocenters. The van der Waals surface area contributed by atoms with Crippen molar-refractivity contribution in [2.75, 3.05) is 10.6 Å². The van der Waals surface area contributed by atoms with Gasteiger partial charge in [0.2, 0.25) is 0 Å². The number of ether oxygens (including phenoxy) is 1. The van der Waals surface area contributed by atoms with Gasteiger partial charge in [-0.25, -0.2) is 9.78 Å². The van der Waals surface area contributed by atoms with Gasteiger partial charge in [-0.15, -0.1) is 0 Å². The molecule has 0 aliphatic rings. The van der Waals surface area contributed by atoms with Crippen molar-refractivity contribution in [1.82, 2.24) is 9.97 Å². The van der Waals surface area contributed by atoms with E-state index in [0.717, 1.165) is 16.5 Å². The van der Waals surface area contributed by atoms with Gasteiger partial charge < -0.3 is 15.2 Å². The lowest BCUT2D eigenvalue weighted by Gasteiger charge is -2.13. The Balaban J connectivity index is 1.56. The summed E-state index contributed by atoms with van der Waals surface area (Å²) in [6.07, 6.45) is 2.30. The number of carbonyl (C=O) groups is 1. The molecule has 2 heterocycles. The molecule has 0 fully saturated rings. The molecular weight excluding hydrogens is 368 g/mol. The zero-order valence-electron chi connectivity index (χ0n) is 15.4. The van der Waals surface area contributed by atoms with Crippen molar-refractivity contribution in [3.8, 4) is 11.5 Å². The van der Waals surface area contributed by atoms with Crippen molar-refractivity contribution in [2.24, 2.45) is 0 Å². The lowest BCUT2D eigenvalue weighted by Crippen LogP contribution is -2.07. The van der Waals surface area contributed by atoms with Crippen LogP contribution in [-0.4, -0.2) is 21.2 Å². The molecule has 7 nitrogen and oxygen atoms in total. The quantitative estimate of drug-likeness (QED) is 0.425. The maximum Gasteiger partial charge on any atom is 0.409 e. The summed E-state index contributed by atoms with van der Waals surface area (Å²) in [5.41, 5.74) is 1.42. The molecule has 0 aliphatic carbocycles. The van der Waals surface area contributed by atoms with Gasteiger partial charge in [0.1, 0.15) is 17.3 Å². The second-order valence-corrected chi connectivity index (χ2v) is 6.24. The smallest absolute Gasteiger partial charge is 0.409 e. The number of hydrogen-bond acceptors (Lipinski definition) is 5. The molecule has 7 heteroatoms. The number of anilines is 2. The van der Waals surface area contributed by atoms with E-state index in [9.17, 15) is 4.79 Å². The molecule has 0 radical (unpaired) electrons. The Kier molecular flexibility index (Phi) is 5.20. The number of carboxylic acid groups (broad SMARTS) is 1. The minimum absolute atomic E-state index is 0.507. The second kappa shape index (κ2) is 8.26. The number of nitrogens with zero attached hydrogens (tertiary/aromatic N) is 2. The van der Waals surface area contributed by atoms with E-state index in [1.165, 1.54) is 0 Å². The largest absolute Gasteiger partial charge is 0.465 e. The summed E-state index contributed by atoms with van der Waals surface area (Å²) in [5, 5.41) is 16.2. The highest BCUT2D eigenvalue weighted by Crippen LogP contribution is 2.34. The Morgan fingerprint density at radius 1 is 0.931 bits per heavy atom. The molecular formula is C22H18N4O3. The predicted molar refractivity (Wildman–Crippen MR) is 111 cm³/mol. The van der Waals surface area contributed by atoms with E-state index < -0.39 is 6.09 Å². The highest BCUT2D eigenvalue weighted by molar-refractivity contribution is 6.02. The van der Waals surface area contributed by atoms with E-state index in [0.29, 0.717) is 29.5 Å². The first-order valence-electron chi connectivity index (χ1n) is 8.98. The zero-order chi connectivity index (χ0) is 20.1. The van der Waals surface area contributed by atoms with Crippen LogP contribution in [0.5, 0.6) is 11.5 Å². The van der Waals surface area contributed by atoms with Crippen LogP contribution in [0, 0.1) is 0 Å². The molecule has 0 bridgehead atoms. The topological polar surface area (TPSA) is 96.4 Å². The molecule has 4 aromatic rings. The van der Waals surface area contributed by atoms with Crippen molar-refractivity contribution < 1.29 is 14.6 Å². The Bertz CT molecular complexity index is 1150. The van der Waals surface area contributed by atoms with Crippen LogP contribution in [-0.2, 0) is 6.54 Å². The molecule has 144 valence electrons. The number of pyridine rings is 2. The van der Waals surface area contributed by atoms with Gasteiger partial charge >= 0.3 is 6.09 Å². The van der Waals surface area contributed by atoms with Crippen LogP contribution in [0.1, 0.15) is 5.69 Å². The van der Waals surface area contributed by atoms with Gasteiger partial charge in [0.25, 0.3) is 0 Å². The molecule has 0 aliphatic heterocycles. The van der Waals surface area contributed by atoms with Crippen LogP contribution in [0.4, 0.5) is 16.3 Å². The summed E-state index contributed by atoms with van der Waals surface area (Å²) in [6.45, 7) is 0.551. The predicted octanol–water partition coefficient (Wildman–Crippen LogP) is 5.12. The fourth-order valence-corrected chi connectivity index (χ4v) is 2.97. The molecule has 0 atom stereocenters. The standard InChI is InChI=1S/C22H18N4O3/c27-22(28)26-19-8-9-20(18-7-2-1-6-17(18)19)29-16-10-12-24-21(13-16)25-14-15-5-3-4-11-23-15/h1-13,26H,14H2,(H,24,25)(H,27,28). The van der Waals surface area contributed by atoms with E-state index >= 15 is 0 Å². The molecule has 2 aromatic heterocycles. The van der Waals surface area contributed by atoms with Gasteiger partial charge in [-0.2, -0.15) is 0 Å². The molecule has 2 aromatic carbocycles. The number of nitrogens with one attached hydrogen (secondary N) is 2. The van der Waals surface area contributed by atoms with Gasteiger partial charge in [0, 0.05) is 29.2 Å². The molecule has 0 saturated heterocycles. The maximum atomic E-state index is 11.0. The average Bonchev–Trinajstić information content (AvgIpc) is 2.75. The van der Waals surface area contributed by atoms with Crippen molar-refractivity contribution in [3.63, 3.8) is 0 Å². The van der Waals surface area contributed by atoms with Crippen molar-refractivity contribution in [1.29, 1.82) is 0 Å². The fourth-order valence-electron chi connectivity index (χ4n) is 2.97. The third-order valence-corrected chi connectivity index (χ3v) is 4.26. The Morgan fingerprint density at radius 3 is 2.55 bits per heavy atom. The SMILES string of the molecule is O=C(O)Nc1ccc(Oc2ccnc(NCc3ccccn3)c2)c2ccccc12. The van der Waals surface area contributed by atoms with Crippen LogP contribution < -0.4 is 15.4 Å². The van der Waals surface area contributed by atoms with Crippen LogP contribution in [0.25, 0.3) is 10.8 Å². The Morgan fingerprint density at radius 2 is 1.76 bits per heavy atom.